The third-order valence-corrected chi connectivity index (χ3v) is 3.11. The molecule has 1 atom stereocenters. The number of rotatable bonds is 3. The Morgan fingerprint density at radius 2 is 2.28 bits per heavy atom. The Hall–Kier alpha value is -0.680. The monoisotopic (exact) mass is 274 g/mol. The summed E-state index contributed by atoms with van der Waals surface area (Å²) >= 11 is 0. The maximum Gasteiger partial charge on any atom is 0.126 e. The average molecular weight is 275 g/mol. The van der Waals surface area contributed by atoms with Crippen molar-refractivity contribution in [2.45, 2.75) is 19.6 Å². The van der Waals surface area contributed by atoms with Gasteiger partial charge in [-0.05, 0) is 24.1 Å². The normalized spacial score (nSPS) is 20.5. The second-order valence-electron chi connectivity index (χ2n) is 4.55. The number of nitrogens with zero attached hydrogens (tertiary/aromatic N) is 1. The highest BCUT2D eigenvalue weighted by Gasteiger charge is 2.19. The van der Waals surface area contributed by atoms with Crippen molar-refractivity contribution in [1.29, 1.82) is 0 Å². The molecular formula is C13H20ClFN2O. The number of aryl methyl sites for hydroxylation is 1. The van der Waals surface area contributed by atoms with E-state index in [9.17, 15) is 4.39 Å². The largest absolute Gasteiger partial charge is 0.374 e. The minimum Gasteiger partial charge on any atom is -0.374 e. The molecular weight excluding hydrogens is 255 g/mol. The van der Waals surface area contributed by atoms with Crippen LogP contribution in [0.1, 0.15) is 11.1 Å². The van der Waals surface area contributed by atoms with E-state index in [1.807, 2.05) is 12.1 Å². The van der Waals surface area contributed by atoms with Gasteiger partial charge >= 0.3 is 0 Å². The van der Waals surface area contributed by atoms with E-state index in [2.05, 4.69) is 4.90 Å². The maximum atomic E-state index is 13.1. The molecule has 0 bridgehead atoms. The summed E-state index contributed by atoms with van der Waals surface area (Å²) < 4.78 is 18.7. The Bertz CT molecular complexity index is 389. The number of benzene rings is 1. The standard InChI is InChI=1S/C13H19FN2O.ClH/c1-10-6-11(2-3-13(10)14)8-16-4-5-17-12(7-15)9-16;/h2-3,6,12H,4-5,7-9,15H2,1H3;1H. The molecule has 0 saturated carbocycles. The second kappa shape index (κ2) is 7.04. The highest BCUT2D eigenvalue weighted by molar-refractivity contribution is 5.85. The minimum atomic E-state index is -0.143. The summed E-state index contributed by atoms with van der Waals surface area (Å²) in [7, 11) is 0. The quantitative estimate of drug-likeness (QED) is 0.912. The number of morpholine rings is 1. The van der Waals surface area contributed by atoms with E-state index in [1.54, 1.807) is 6.92 Å². The highest BCUT2D eigenvalue weighted by atomic mass is 35.5. The van der Waals surface area contributed by atoms with Crippen molar-refractivity contribution >= 4 is 12.4 Å². The van der Waals surface area contributed by atoms with Crippen LogP contribution in [0, 0.1) is 12.7 Å². The summed E-state index contributed by atoms with van der Waals surface area (Å²) in [6.45, 7) is 5.67. The molecule has 1 unspecified atom stereocenters. The van der Waals surface area contributed by atoms with Crippen LogP contribution < -0.4 is 5.73 Å². The predicted octanol–water partition coefficient (Wildman–Crippen LogP) is 1.72. The number of ether oxygens (including phenoxy) is 1. The first kappa shape index (κ1) is 15.4. The van der Waals surface area contributed by atoms with E-state index < -0.39 is 0 Å². The molecule has 2 rings (SSSR count). The molecule has 0 aliphatic carbocycles. The lowest BCUT2D eigenvalue weighted by molar-refractivity contribution is -0.0260. The van der Waals surface area contributed by atoms with Gasteiger partial charge in [0, 0.05) is 26.2 Å². The van der Waals surface area contributed by atoms with Crippen LogP contribution in [0.3, 0.4) is 0 Å². The van der Waals surface area contributed by atoms with E-state index >= 15 is 0 Å². The summed E-state index contributed by atoms with van der Waals surface area (Å²) in [6, 6.07) is 5.28. The third-order valence-electron chi connectivity index (χ3n) is 3.11. The summed E-state index contributed by atoms with van der Waals surface area (Å²) in [6.07, 6.45) is 0.130. The zero-order chi connectivity index (χ0) is 12.3. The maximum absolute atomic E-state index is 13.1. The Morgan fingerprint density at radius 3 is 2.94 bits per heavy atom. The van der Waals surface area contributed by atoms with E-state index in [-0.39, 0.29) is 24.3 Å². The molecule has 1 aliphatic heterocycles. The highest BCUT2D eigenvalue weighted by Crippen LogP contribution is 2.13. The van der Waals surface area contributed by atoms with Crippen molar-refractivity contribution in [3.63, 3.8) is 0 Å². The second-order valence-corrected chi connectivity index (χ2v) is 4.55. The van der Waals surface area contributed by atoms with Crippen LogP contribution >= 0.6 is 12.4 Å². The van der Waals surface area contributed by atoms with Crippen molar-refractivity contribution in [1.82, 2.24) is 4.90 Å². The fourth-order valence-electron chi connectivity index (χ4n) is 2.13. The molecule has 1 aromatic rings. The zero-order valence-electron chi connectivity index (χ0n) is 10.6. The molecule has 1 aliphatic rings. The van der Waals surface area contributed by atoms with Crippen molar-refractivity contribution in [3.05, 3.63) is 35.1 Å². The fraction of sp³-hybridized carbons (Fsp3) is 0.538. The molecule has 1 saturated heterocycles. The molecule has 0 spiro atoms. The summed E-state index contributed by atoms with van der Waals surface area (Å²) in [5.41, 5.74) is 7.44. The number of nitrogens with two attached hydrogens (primary N) is 1. The Morgan fingerprint density at radius 1 is 1.50 bits per heavy atom. The van der Waals surface area contributed by atoms with Crippen LogP contribution in [-0.4, -0.2) is 37.2 Å². The van der Waals surface area contributed by atoms with Gasteiger partial charge in [0.2, 0.25) is 0 Å². The first-order valence-electron chi connectivity index (χ1n) is 5.98. The van der Waals surface area contributed by atoms with Crippen molar-refractivity contribution < 1.29 is 9.13 Å². The number of hydrogen-bond acceptors (Lipinski definition) is 3. The van der Waals surface area contributed by atoms with E-state index in [0.717, 1.165) is 31.8 Å². The first-order chi connectivity index (χ1) is 8.19. The van der Waals surface area contributed by atoms with Crippen LogP contribution in [0.5, 0.6) is 0 Å². The molecule has 0 radical (unpaired) electrons. The molecule has 1 fully saturated rings. The van der Waals surface area contributed by atoms with Gasteiger partial charge in [0.15, 0.2) is 0 Å². The van der Waals surface area contributed by atoms with Gasteiger partial charge in [-0.3, -0.25) is 4.90 Å². The Balaban J connectivity index is 0.00000162. The molecule has 3 nitrogen and oxygen atoms in total. The molecule has 5 heteroatoms. The molecule has 1 heterocycles. The van der Waals surface area contributed by atoms with E-state index in [1.165, 1.54) is 6.07 Å². The molecule has 1 aromatic carbocycles. The van der Waals surface area contributed by atoms with Crippen LogP contribution in [0.25, 0.3) is 0 Å². The fourth-order valence-corrected chi connectivity index (χ4v) is 2.13. The third kappa shape index (κ3) is 3.92. The predicted molar refractivity (Wildman–Crippen MR) is 72.5 cm³/mol. The lowest BCUT2D eigenvalue weighted by Gasteiger charge is -2.32. The van der Waals surface area contributed by atoms with E-state index in [0.29, 0.717) is 12.1 Å². The minimum absolute atomic E-state index is 0. The average Bonchev–Trinajstić information content (AvgIpc) is 2.34. The lowest BCUT2D eigenvalue weighted by atomic mass is 10.1. The van der Waals surface area contributed by atoms with Crippen LogP contribution in [-0.2, 0) is 11.3 Å². The van der Waals surface area contributed by atoms with Crippen LogP contribution in [0.2, 0.25) is 0 Å². The lowest BCUT2D eigenvalue weighted by Crippen LogP contribution is -2.45. The van der Waals surface area contributed by atoms with Gasteiger partial charge in [-0.15, -0.1) is 12.4 Å². The molecule has 2 N–H and O–H groups in total. The Labute approximate surface area is 114 Å². The summed E-state index contributed by atoms with van der Waals surface area (Å²) in [4.78, 5) is 2.30. The van der Waals surface area contributed by atoms with Gasteiger partial charge in [-0.1, -0.05) is 12.1 Å². The van der Waals surface area contributed by atoms with Gasteiger partial charge in [-0.25, -0.2) is 4.39 Å². The van der Waals surface area contributed by atoms with Gasteiger partial charge in [0.05, 0.1) is 12.7 Å². The van der Waals surface area contributed by atoms with Gasteiger partial charge in [0.25, 0.3) is 0 Å². The SMILES string of the molecule is Cc1cc(CN2CCOC(CN)C2)ccc1F.Cl. The summed E-state index contributed by atoms with van der Waals surface area (Å²) in [5.74, 6) is -0.143. The van der Waals surface area contributed by atoms with Crippen molar-refractivity contribution in [2.24, 2.45) is 5.73 Å². The van der Waals surface area contributed by atoms with Gasteiger partial charge < -0.3 is 10.5 Å². The van der Waals surface area contributed by atoms with Gasteiger partial charge in [-0.2, -0.15) is 0 Å². The number of hydrogen-bond donors (Lipinski definition) is 1. The van der Waals surface area contributed by atoms with Crippen LogP contribution in [0.4, 0.5) is 4.39 Å². The molecule has 0 aromatic heterocycles. The molecule has 18 heavy (non-hydrogen) atoms. The Kier molecular flexibility index (Phi) is 6.02. The first-order valence-corrected chi connectivity index (χ1v) is 5.98. The summed E-state index contributed by atoms with van der Waals surface area (Å²) in [5, 5.41) is 0. The number of halogens is 2. The van der Waals surface area contributed by atoms with Crippen LogP contribution in [0.15, 0.2) is 18.2 Å². The van der Waals surface area contributed by atoms with Gasteiger partial charge in [0.1, 0.15) is 5.82 Å². The zero-order valence-corrected chi connectivity index (χ0v) is 11.4. The molecule has 0 amide bonds. The van der Waals surface area contributed by atoms with Crippen molar-refractivity contribution in [3.8, 4) is 0 Å². The topological polar surface area (TPSA) is 38.5 Å². The van der Waals surface area contributed by atoms with Crippen molar-refractivity contribution in [2.75, 3.05) is 26.2 Å². The molecule has 102 valence electrons. The smallest absolute Gasteiger partial charge is 0.126 e. The van der Waals surface area contributed by atoms with E-state index in [4.69, 9.17) is 10.5 Å².